The fourth-order valence-corrected chi connectivity index (χ4v) is 4.16. The molecule has 1 aliphatic heterocycles. The molecule has 6 nitrogen and oxygen atoms in total. The zero-order valence-electron chi connectivity index (χ0n) is 17.0. The maximum Gasteiger partial charge on any atom is 0.232 e. The summed E-state index contributed by atoms with van der Waals surface area (Å²) in [6.45, 7) is 1.97. The molecule has 0 radical (unpaired) electrons. The molecule has 2 N–H and O–H groups in total. The zero-order valence-corrected chi connectivity index (χ0v) is 17.0. The van der Waals surface area contributed by atoms with Crippen LogP contribution in [-0.4, -0.2) is 24.7 Å². The highest BCUT2D eigenvalue weighted by atomic mass is 16.5. The van der Waals surface area contributed by atoms with Crippen LogP contribution in [0.4, 0.5) is 5.69 Å². The second-order valence-corrected chi connectivity index (χ2v) is 7.85. The third kappa shape index (κ3) is 3.99. The molecule has 30 heavy (non-hydrogen) atoms. The standard InChI is InChI=1S/C24H24N2O4/c1-14-3-7-17(8-4-14)25-24(29)19-13-22(28)26-20-11-16(12-21(27)23(19)20)15-5-9-18(30-2)10-6-15/h3-10,16,19H,11-13H2,1-2H3,(H,25,29)(H,26,28). The largest absolute Gasteiger partial charge is 0.497 e. The number of hydrogen-bond acceptors (Lipinski definition) is 4. The molecule has 0 saturated carbocycles. The van der Waals surface area contributed by atoms with Crippen LogP contribution in [0.25, 0.3) is 0 Å². The lowest BCUT2D eigenvalue weighted by molar-refractivity contribution is -0.129. The maximum atomic E-state index is 13.0. The highest BCUT2D eigenvalue weighted by Gasteiger charge is 2.40. The van der Waals surface area contributed by atoms with Gasteiger partial charge in [-0.1, -0.05) is 29.8 Å². The zero-order chi connectivity index (χ0) is 21.3. The molecule has 0 bridgehead atoms. The summed E-state index contributed by atoms with van der Waals surface area (Å²) in [5.41, 5.74) is 3.77. The molecule has 2 atom stereocenters. The first kappa shape index (κ1) is 19.9. The number of hydrogen-bond donors (Lipinski definition) is 2. The lowest BCUT2D eigenvalue weighted by Crippen LogP contribution is -2.43. The molecule has 2 aromatic carbocycles. The van der Waals surface area contributed by atoms with Gasteiger partial charge in [0.05, 0.1) is 13.0 Å². The second kappa shape index (κ2) is 8.14. The van der Waals surface area contributed by atoms with E-state index >= 15 is 0 Å². The number of anilines is 1. The summed E-state index contributed by atoms with van der Waals surface area (Å²) in [6.07, 6.45) is 0.818. The second-order valence-electron chi connectivity index (χ2n) is 7.85. The molecule has 0 saturated heterocycles. The molecule has 2 aromatic rings. The Balaban J connectivity index is 1.58. The van der Waals surface area contributed by atoms with E-state index in [-0.39, 0.29) is 29.9 Å². The van der Waals surface area contributed by atoms with Gasteiger partial charge in [-0.15, -0.1) is 0 Å². The van der Waals surface area contributed by atoms with Gasteiger partial charge < -0.3 is 15.4 Å². The van der Waals surface area contributed by atoms with Crippen molar-refractivity contribution < 1.29 is 19.1 Å². The van der Waals surface area contributed by atoms with Crippen molar-refractivity contribution in [3.8, 4) is 5.75 Å². The van der Waals surface area contributed by atoms with Crippen molar-refractivity contribution >= 4 is 23.3 Å². The summed E-state index contributed by atoms with van der Waals surface area (Å²) in [5, 5.41) is 5.69. The van der Waals surface area contributed by atoms with Crippen LogP contribution in [0.3, 0.4) is 0 Å². The fraction of sp³-hybridized carbons (Fsp3) is 0.292. The number of benzene rings is 2. The number of Topliss-reactive ketones (excluding diaryl/α,β-unsaturated/α-hetero) is 1. The minimum Gasteiger partial charge on any atom is -0.497 e. The normalized spacial score (nSPS) is 21.0. The number of ketones is 1. The van der Waals surface area contributed by atoms with Crippen molar-refractivity contribution in [2.45, 2.75) is 32.1 Å². The number of nitrogens with one attached hydrogen (secondary N) is 2. The monoisotopic (exact) mass is 404 g/mol. The van der Waals surface area contributed by atoms with Crippen LogP contribution in [0.15, 0.2) is 59.8 Å². The summed E-state index contributed by atoms with van der Waals surface area (Å²) in [7, 11) is 1.61. The van der Waals surface area contributed by atoms with Gasteiger partial charge in [-0.2, -0.15) is 0 Å². The van der Waals surface area contributed by atoms with Gasteiger partial charge >= 0.3 is 0 Å². The smallest absolute Gasteiger partial charge is 0.232 e. The lowest BCUT2D eigenvalue weighted by Gasteiger charge is -2.33. The third-order valence-corrected chi connectivity index (χ3v) is 5.76. The number of carbonyl (C=O) groups is 3. The Morgan fingerprint density at radius 3 is 2.37 bits per heavy atom. The van der Waals surface area contributed by atoms with Crippen LogP contribution in [0.1, 0.15) is 36.3 Å². The molecule has 2 unspecified atom stereocenters. The number of carbonyl (C=O) groups excluding carboxylic acids is 3. The van der Waals surface area contributed by atoms with Crippen LogP contribution in [0.2, 0.25) is 0 Å². The van der Waals surface area contributed by atoms with E-state index in [1.54, 1.807) is 7.11 Å². The van der Waals surface area contributed by atoms with Gasteiger partial charge in [-0.05, 0) is 49.1 Å². The predicted molar refractivity (Wildman–Crippen MR) is 113 cm³/mol. The molecule has 2 aliphatic rings. The van der Waals surface area contributed by atoms with Gasteiger partial charge in [0, 0.05) is 29.8 Å². The number of aryl methyl sites for hydroxylation is 1. The number of rotatable bonds is 4. The molecule has 154 valence electrons. The van der Waals surface area contributed by atoms with E-state index in [4.69, 9.17) is 4.74 Å². The topological polar surface area (TPSA) is 84.5 Å². The average Bonchev–Trinajstić information content (AvgIpc) is 2.74. The lowest BCUT2D eigenvalue weighted by atomic mass is 9.75. The van der Waals surface area contributed by atoms with E-state index in [9.17, 15) is 14.4 Å². The highest BCUT2D eigenvalue weighted by Crippen LogP contribution is 2.39. The Bertz CT molecular complexity index is 1020. The highest BCUT2D eigenvalue weighted by molar-refractivity contribution is 6.09. The average molecular weight is 404 g/mol. The summed E-state index contributed by atoms with van der Waals surface area (Å²) < 4.78 is 5.20. The van der Waals surface area contributed by atoms with E-state index in [1.807, 2.05) is 55.5 Å². The molecule has 4 rings (SSSR count). The van der Waals surface area contributed by atoms with Crippen molar-refractivity contribution in [2.75, 3.05) is 12.4 Å². The van der Waals surface area contributed by atoms with E-state index in [0.717, 1.165) is 16.9 Å². The van der Waals surface area contributed by atoms with Crippen molar-refractivity contribution in [2.24, 2.45) is 5.92 Å². The molecular weight excluding hydrogens is 380 g/mol. The first-order chi connectivity index (χ1) is 14.4. The Kier molecular flexibility index (Phi) is 5.40. The Morgan fingerprint density at radius 1 is 1.00 bits per heavy atom. The van der Waals surface area contributed by atoms with Crippen molar-refractivity contribution in [3.63, 3.8) is 0 Å². The van der Waals surface area contributed by atoms with Gasteiger partial charge in [0.1, 0.15) is 5.75 Å². The molecule has 1 heterocycles. The minimum atomic E-state index is -0.764. The van der Waals surface area contributed by atoms with E-state index in [0.29, 0.717) is 29.8 Å². The summed E-state index contributed by atoms with van der Waals surface area (Å²) in [5.74, 6) is -0.695. The number of methoxy groups -OCH3 is 1. The first-order valence-corrected chi connectivity index (χ1v) is 10.0. The SMILES string of the molecule is COc1ccc(C2CC(=O)C3=C(C2)NC(=O)CC3C(=O)Nc2ccc(C)cc2)cc1. The molecule has 1 aliphatic carbocycles. The Morgan fingerprint density at radius 2 is 1.70 bits per heavy atom. The molecule has 2 amide bonds. The minimum absolute atomic E-state index is 0.0184. The van der Waals surface area contributed by atoms with Crippen LogP contribution < -0.4 is 15.4 Å². The number of ether oxygens (including phenoxy) is 1. The van der Waals surface area contributed by atoms with Crippen molar-refractivity contribution in [1.82, 2.24) is 5.32 Å². The van der Waals surface area contributed by atoms with Gasteiger partial charge in [0.2, 0.25) is 11.8 Å². The molecule has 6 heteroatoms. The van der Waals surface area contributed by atoms with Gasteiger partial charge in [0.15, 0.2) is 5.78 Å². The Labute approximate surface area is 175 Å². The molecule has 0 aromatic heterocycles. The summed E-state index contributed by atoms with van der Waals surface area (Å²) in [6, 6.07) is 15.0. The van der Waals surface area contributed by atoms with Crippen LogP contribution in [0, 0.1) is 12.8 Å². The quantitative estimate of drug-likeness (QED) is 0.817. The van der Waals surface area contributed by atoms with E-state index in [1.165, 1.54) is 0 Å². The molecule has 0 fully saturated rings. The van der Waals surface area contributed by atoms with Crippen molar-refractivity contribution in [1.29, 1.82) is 0 Å². The predicted octanol–water partition coefficient (Wildman–Crippen LogP) is 3.48. The summed E-state index contributed by atoms with van der Waals surface area (Å²) >= 11 is 0. The number of amides is 2. The van der Waals surface area contributed by atoms with Gasteiger partial charge in [-0.3, -0.25) is 14.4 Å². The first-order valence-electron chi connectivity index (χ1n) is 10.0. The van der Waals surface area contributed by atoms with Gasteiger partial charge in [0.25, 0.3) is 0 Å². The van der Waals surface area contributed by atoms with Crippen LogP contribution in [-0.2, 0) is 14.4 Å². The summed E-state index contributed by atoms with van der Waals surface area (Å²) in [4.78, 5) is 38.3. The fourth-order valence-electron chi connectivity index (χ4n) is 4.16. The third-order valence-electron chi connectivity index (χ3n) is 5.76. The van der Waals surface area contributed by atoms with Crippen molar-refractivity contribution in [3.05, 3.63) is 70.9 Å². The van der Waals surface area contributed by atoms with Crippen LogP contribution in [0.5, 0.6) is 5.75 Å². The van der Waals surface area contributed by atoms with Crippen LogP contribution >= 0.6 is 0 Å². The molecule has 0 spiro atoms. The number of allylic oxidation sites excluding steroid dienone is 1. The van der Waals surface area contributed by atoms with E-state index in [2.05, 4.69) is 10.6 Å². The molecular formula is C24H24N2O4. The van der Waals surface area contributed by atoms with Gasteiger partial charge in [-0.25, -0.2) is 0 Å². The van der Waals surface area contributed by atoms with E-state index < -0.39 is 5.92 Å². The Hall–Kier alpha value is -3.41. The maximum absolute atomic E-state index is 13.0.